The fourth-order valence-electron chi connectivity index (χ4n) is 5.20. The van der Waals surface area contributed by atoms with Crippen molar-refractivity contribution in [3.8, 4) is 5.75 Å². The van der Waals surface area contributed by atoms with Crippen molar-refractivity contribution >= 4 is 30.4 Å². The van der Waals surface area contributed by atoms with Crippen molar-refractivity contribution in [2.24, 2.45) is 11.1 Å². The highest BCUT2D eigenvalue weighted by atomic mass is 31.2. The van der Waals surface area contributed by atoms with E-state index in [1.807, 2.05) is 51.1 Å². The maximum atomic E-state index is 14.4. The summed E-state index contributed by atoms with van der Waals surface area (Å²) in [4.78, 5) is 24.7. The Morgan fingerprint density at radius 1 is 1.07 bits per heavy atom. The number of fused-ring (bicyclic) bond motifs is 2. The quantitative estimate of drug-likeness (QED) is 0.175. The third-order valence-electron chi connectivity index (χ3n) is 7.26. The Morgan fingerprint density at radius 3 is 2.51 bits per heavy atom. The minimum Gasteiger partial charge on any atom is -0.464 e. The molecule has 5 rings (SSSR count). The largest absolute Gasteiger partial charge is 0.464 e. The molecule has 2 saturated heterocycles. The SMILES string of the molecule is CC(NP(=O)(OCC1O[C@@H]([n+]2cccc(C(N)=O)c2)[C@@H]2OC(C)(C)O[C@H]12)Oc1cccc2ccccc12)C(=O)OCC(C)(C)C. The van der Waals surface area contributed by atoms with Gasteiger partial charge in [0.25, 0.3) is 12.1 Å². The van der Waals surface area contributed by atoms with Gasteiger partial charge in [-0.2, -0.15) is 9.65 Å². The number of hydrogen-bond acceptors (Lipinski definition) is 9. The van der Waals surface area contributed by atoms with E-state index < -0.39 is 56.0 Å². The van der Waals surface area contributed by atoms with Crippen LogP contribution in [0.15, 0.2) is 67.0 Å². The Bertz CT molecular complexity index is 1600. The summed E-state index contributed by atoms with van der Waals surface area (Å²) in [6.45, 7) is 10.9. The van der Waals surface area contributed by atoms with Gasteiger partial charge in [0, 0.05) is 11.5 Å². The van der Waals surface area contributed by atoms with Crippen molar-refractivity contribution in [1.29, 1.82) is 0 Å². The second kappa shape index (κ2) is 12.8. The molecule has 1 aromatic heterocycles. The zero-order valence-electron chi connectivity index (χ0n) is 26.3. The smallest absolute Gasteiger partial charge is 0.459 e. The van der Waals surface area contributed by atoms with E-state index >= 15 is 0 Å². The molecule has 6 atom stereocenters. The lowest BCUT2D eigenvalue weighted by atomic mass is 9.99. The van der Waals surface area contributed by atoms with E-state index in [1.54, 1.807) is 55.1 Å². The molecule has 0 spiro atoms. The highest BCUT2D eigenvalue weighted by Crippen LogP contribution is 2.49. The van der Waals surface area contributed by atoms with Crippen LogP contribution in [0.25, 0.3) is 10.8 Å². The molecule has 45 heavy (non-hydrogen) atoms. The highest BCUT2D eigenvalue weighted by Gasteiger charge is 2.59. The monoisotopic (exact) mass is 642 g/mol. The lowest BCUT2D eigenvalue weighted by molar-refractivity contribution is -0.766. The van der Waals surface area contributed by atoms with Crippen LogP contribution in [0.4, 0.5) is 0 Å². The zero-order chi connectivity index (χ0) is 32.6. The van der Waals surface area contributed by atoms with Crippen LogP contribution in [0, 0.1) is 5.41 Å². The summed E-state index contributed by atoms with van der Waals surface area (Å²) in [5.74, 6) is -1.82. The number of pyridine rings is 1. The molecule has 12 nitrogen and oxygen atoms in total. The van der Waals surface area contributed by atoms with Crippen LogP contribution in [0.3, 0.4) is 0 Å². The number of hydrogen-bond donors (Lipinski definition) is 2. The molecular weight excluding hydrogens is 601 g/mol. The number of carbonyl (C=O) groups is 2. The molecule has 3 unspecified atom stereocenters. The molecule has 3 aromatic rings. The molecule has 1 amide bonds. The molecule has 0 saturated carbocycles. The Morgan fingerprint density at radius 2 is 1.78 bits per heavy atom. The fourth-order valence-corrected chi connectivity index (χ4v) is 6.72. The van der Waals surface area contributed by atoms with Gasteiger partial charge < -0.3 is 29.2 Å². The number of nitrogens with two attached hydrogens (primary N) is 1. The van der Waals surface area contributed by atoms with Gasteiger partial charge in [0.2, 0.25) is 0 Å². The first-order valence-corrected chi connectivity index (χ1v) is 16.4. The number of esters is 1. The number of nitrogens with zero attached hydrogens (tertiary/aromatic N) is 1. The molecule has 2 aliphatic heterocycles. The first-order valence-electron chi connectivity index (χ1n) is 14.8. The minimum absolute atomic E-state index is 0.176. The van der Waals surface area contributed by atoms with Crippen LogP contribution in [-0.4, -0.2) is 55.2 Å². The molecule has 13 heteroatoms. The van der Waals surface area contributed by atoms with Crippen LogP contribution < -0.4 is 19.9 Å². The normalized spacial score (nSPS) is 24.5. The Hall–Kier alpha value is -3.38. The summed E-state index contributed by atoms with van der Waals surface area (Å²) in [5, 5.41) is 4.34. The fraction of sp³-hybridized carbons (Fsp3) is 0.469. The summed E-state index contributed by atoms with van der Waals surface area (Å²) < 4.78 is 52.4. The molecule has 3 N–H and O–H groups in total. The van der Waals surface area contributed by atoms with Gasteiger partial charge in [-0.1, -0.05) is 57.2 Å². The Kier molecular flexibility index (Phi) is 9.38. The summed E-state index contributed by atoms with van der Waals surface area (Å²) in [5.41, 5.74) is 5.53. The topological polar surface area (TPSA) is 149 Å². The maximum absolute atomic E-state index is 14.4. The van der Waals surface area contributed by atoms with Gasteiger partial charge in [-0.15, -0.1) is 0 Å². The lowest BCUT2D eigenvalue weighted by Gasteiger charge is -2.26. The van der Waals surface area contributed by atoms with Crippen LogP contribution in [-0.2, 0) is 32.8 Å². The van der Waals surface area contributed by atoms with E-state index in [1.165, 1.54) is 6.92 Å². The van der Waals surface area contributed by atoms with Gasteiger partial charge in [-0.25, -0.2) is 4.57 Å². The summed E-state index contributed by atoms with van der Waals surface area (Å²) >= 11 is 0. The van der Waals surface area contributed by atoms with E-state index in [9.17, 15) is 14.2 Å². The Labute approximate surface area is 262 Å². The van der Waals surface area contributed by atoms with Crippen LogP contribution in [0.2, 0.25) is 0 Å². The number of benzene rings is 2. The third kappa shape index (κ3) is 7.89. The number of aromatic nitrogens is 1. The van der Waals surface area contributed by atoms with E-state index in [2.05, 4.69) is 5.09 Å². The van der Waals surface area contributed by atoms with E-state index in [-0.39, 0.29) is 18.6 Å². The number of amides is 1. The van der Waals surface area contributed by atoms with Crippen molar-refractivity contribution in [3.63, 3.8) is 0 Å². The van der Waals surface area contributed by atoms with Crippen LogP contribution in [0.1, 0.15) is 58.1 Å². The summed E-state index contributed by atoms with van der Waals surface area (Å²) in [6.07, 6.45) is 0.633. The van der Waals surface area contributed by atoms with Crippen molar-refractivity contribution in [3.05, 3.63) is 72.6 Å². The van der Waals surface area contributed by atoms with E-state index in [4.69, 9.17) is 33.7 Å². The average molecular weight is 643 g/mol. The molecule has 2 aliphatic rings. The molecule has 2 fully saturated rings. The average Bonchev–Trinajstić information content (AvgIpc) is 3.47. The molecule has 0 radical (unpaired) electrons. The van der Waals surface area contributed by atoms with Crippen molar-refractivity contribution in [2.45, 2.75) is 77.9 Å². The van der Waals surface area contributed by atoms with E-state index in [0.717, 1.165) is 5.39 Å². The maximum Gasteiger partial charge on any atom is 0.459 e. The van der Waals surface area contributed by atoms with Gasteiger partial charge in [-0.05, 0) is 43.7 Å². The number of rotatable bonds is 11. The number of ether oxygens (including phenoxy) is 4. The summed E-state index contributed by atoms with van der Waals surface area (Å²) in [6, 6.07) is 15.1. The van der Waals surface area contributed by atoms with E-state index in [0.29, 0.717) is 16.7 Å². The predicted octanol–water partition coefficient (Wildman–Crippen LogP) is 4.41. The van der Waals surface area contributed by atoms with Crippen molar-refractivity contribution < 1.29 is 46.7 Å². The van der Waals surface area contributed by atoms with Crippen LogP contribution in [0.5, 0.6) is 5.75 Å². The number of nitrogens with one attached hydrogen (secondary N) is 1. The number of carbonyl (C=O) groups excluding carboxylic acids is 2. The number of primary amides is 1. The zero-order valence-corrected chi connectivity index (χ0v) is 27.2. The second-order valence-corrected chi connectivity index (χ2v) is 14.6. The highest BCUT2D eigenvalue weighted by molar-refractivity contribution is 7.52. The molecular formula is C32H41N3O9P+. The van der Waals surface area contributed by atoms with Crippen LogP contribution >= 0.6 is 7.75 Å². The first kappa shape index (κ1) is 33.0. The minimum atomic E-state index is -4.25. The molecule has 242 valence electrons. The Balaban J connectivity index is 1.40. The first-order chi connectivity index (χ1) is 21.1. The van der Waals surface area contributed by atoms with Gasteiger partial charge in [0.1, 0.15) is 29.6 Å². The molecule has 3 heterocycles. The predicted molar refractivity (Wildman–Crippen MR) is 164 cm³/mol. The van der Waals surface area contributed by atoms with Gasteiger partial charge in [0.15, 0.2) is 24.3 Å². The summed E-state index contributed by atoms with van der Waals surface area (Å²) in [7, 11) is -4.25. The third-order valence-corrected chi connectivity index (χ3v) is 8.89. The van der Waals surface area contributed by atoms with Crippen molar-refractivity contribution in [1.82, 2.24) is 5.09 Å². The van der Waals surface area contributed by atoms with Crippen molar-refractivity contribution in [2.75, 3.05) is 13.2 Å². The standard InChI is InChI=1S/C32H40N3O9P/c1-20(30(37)39-19-31(2,3)4)34-45(38,44-24-15-9-12-21-11-7-8-14-23(21)24)40-18-25-26-27(43-32(5,6)42-26)29(41-25)35-16-10-13-22(17-35)28(33)36/h7-17,20,25-27,29H,18-19H2,1-6H3,(H2-,33,34,36,38)/p+1/t20?,25?,26-,27-,29-,45?/m1/s1. The lowest BCUT2D eigenvalue weighted by Crippen LogP contribution is -2.46. The van der Waals surface area contributed by atoms with Gasteiger partial charge in [-0.3, -0.25) is 14.1 Å². The van der Waals surface area contributed by atoms with Gasteiger partial charge in [0.05, 0.1) is 13.2 Å². The van der Waals surface area contributed by atoms with Gasteiger partial charge >= 0.3 is 13.7 Å². The molecule has 2 aromatic carbocycles. The molecule has 0 bridgehead atoms. The molecule has 0 aliphatic carbocycles. The second-order valence-electron chi connectivity index (χ2n) is 12.9.